The van der Waals surface area contributed by atoms with Gasteiger partial charge in [-0.3, -0.25) is 4.99 Å². The molecule has 0 unspecified atom stereocenters. The average molecular weight is 412 g/mol. The highest BCUT2D eigenvalue weighted by Crippen LogP contribution is 2.26. The van der Waals surface area contributed by atoms with Crippen LogP contribution in [-0.4, -0.2) is 29.2 Å². The average Bonchev–Trinajstić information content (AvgIpc) is 3.28. The zero-order chi connectivity index (χ0) is 21.6. The van der Waals surface area contributed by atoms with Gasteiger partial charge < -0.3 is 4.74 Å². The van der Waals surface area contributed by atoms with Crippen molar-refractivity contribution < 1.29 is 4.74 Å². The van der Waals surface area contributed by atoms with Gasteiger partial charge in [-0.05, 0) is 55.0 Å². The first-order chi connectivity index (χ1) is 15.2. The van der Waals surface area contributed by atoms with Crippen molar-refractivity contribution in [3.8, 4) is 0 Å². The van der Waals surface area contributed by atoms with Crippen molar-refractivity contribution in [3.05, 3.63) is 94.8 Å². The third kappa shape index (κ3) is 4.91. The Labute approximate surface area is 184 Å². The largest absolute Gasteiger partial charge is 0.474 e. The molecule has 0 radical (unpaired) electrons. The van der Waals surface area contributed by atoms with Crippen LogP contribution >= 0.6 is 0 Å². The molecule has 1 aromatic heterocycles. The molecule has 4 heteroatoms. The van der Waals surface area contributed by atoms with E-state index in [1.54, 1.807) is 0 Å². The Morgan fingerprint density at radius 1 is 0.935 bits per heavy atom. The van der Waals surface area contributed by atoms with Gasteiger partial charge in [0.05, 0.1) is 23.1 Å². The molecule has 0 saturated carbocycles. The Morgan fingerprint density at radius 2 is 1.65 bits per heavy atom. The van der Waals surface area contributed by atoms with Gasteiger partial charge in [0.15, 0.2) is 0 Å². The number of aromatic nitrogens is 1. The van der Waals surface area contributed by atoms with Crippen LogP contribution in [0.1, 0.15) is 48.8 Å². The van der Waals surface area contributed by atoms with Gasteiger partial charge in [0.1, 0.15) is 12.3 Å². The standard InChI is InChI=1S/C27H29N3O/c1-4-21-13-9-14-22(5-2)26(21)28-19(3)24-15-10-16-25(30-24)27-29-23(18-31-27)17-20-11-7-6-8-12-20/h6-16,23H,4-5,17-18H2,1-3H3/b28-19+/t23-/m0/s1. The number of rotatable bonds is 7. The summed E-state index contributed by atoms with van der Waals surface area (Å²) in [6, 6.07) is 22.9. The van der Waals surface area contributed by atoms with Crippen LogP contribution in [0.2, 0.25) is 0 Å². The van der Waals surface area contributed by atoms with Crippen LogP contribution in [0.15, 0.2) is 76.7 Å². The minimum absolute atomic E-state index is 0.126. The fraction of sp³-hybridized carbons (Fsp3) is 0.296. The van der Waals surface area contributed by atoms with Crippen LogP contribution in [0.4, 0.5) is 5.69 Å². The molecule has 2 heterocycles. The maximum atomic E-state index is 5.90. The monoisotopic (exact) mass is 411 g/mol. The Morgan fingerprint density at radius 3 is 2.35 bits per heavy atom. The molecule has 0 amide bonds. The molecular formula is C27H29N3O. The SMILES string of the molecule is CCc1cccc(CC)c1/N=C(\C)c1cccc(C2=N[C@@H](Cc3ccccc3)CO2)n1. The lowest BCUT2D eigenvalue weighted by Gasteiger charge is -2.10. The van der Waals surface area contributed by atoms with E-state index in [-0.39, 0.29) is 6.04 Å². The number of aryl methyl sites for hydroxylation is 2. The van der Waals surface area contributed by atoms with Crippen LogP contribution in [0.25, 0.3) is 0 Å². The molecular weight excluding hydrogens is 382 g/mol. The third-order valence-corrected chi connectivity index (χ3v) is 5.61. The zero-order valence-electron chi connectivity index (χ0n) is 18.5. The number of hydrogen-bond donors (Lipinski definition) is 0. The third-order valence-electron chi connectivity index (χ3n) is 5.61. The number of benzene rings is 2. The lowest BCUT2D eigenvalue weighted by Crippen LogP contribution is -2.10. The fourth-order valence-corrected chi connectivity index (χ4v) is 3.89. The molecule has 1 atom stereocenters. The van der Waals surface area contributed by atoms with E-state index in [2.05, 4.69) is 56.3 Å². The summed E-state index contributed by atoms with van der Waals surface area (Å²) in [6.45, 7) is 6.95. The van der Waals surface area contributed by atoms with Gasteiger partial charge in [-0.25, -0.2) is 9.98 Å². The summed E-state index contributed by atoms with van der Waals surface area (Å²) in [6.07, 6.45) is 2.79. The highest BCUT2D eigenvalue weighted by Gasteiger charge is 2.21. The molecule has 1 aliphatic heterocycles. The first-order valence-corrected chi connectivity index (χ1v) is 11.1. The number of ether oxygens (including phenoxy) is 1. The Bertz CT molecular complexity index is 1080. The minimum atomic E-state index is 0.126. The van der Waals surface area contributed by atoms with E-state index in [1.165, 1.54) is 16.7 Å². The maximum Gasteiger partial charge on any atom is 0.235 e. The molecule has 4 rings (SSSR count). The van der Waals surface area contributed by atoms with Crippen molar-refractivity contribution in [3.63, 3.8) is 0 Å². The quantitative estimate of drug-likeness (QED) is 0.466. The highest BCUT2D eigenvalue weighted by molar-refractivity contribution is 6.00. The topological polar surface area (TPSA) is 46.8 Å². The summed E-state index contributed by atoms with van der Waals surface area (Å²) >= 11 is 0. The number of pyridine rings is 1. The Balaban J connectivity index is 1.58. The predicted molar refractivity (Wildman–Crippen MR) is 128 cm³/mol. The molecule has 0 saturated heterocycles. The van der Waals surface area contributed by atoms with E-state index in [0.717, 1.165) is 42.0 Å². The number of para-hydroxylation sites is 1. The second kappa shape index (κ2) is 9.69. The molecule has 2 aromatic carbocycles. The summed E-state index contributed by atoms with van der Waals surface area (Å²) in [5, 5.41) is 0. The molecule has 31 heavy (non-hydrogen) atoms. The number of aliphatic imine (C=N–C) groups is 2. The van der Waals surface area contributed by atoms with E-state index >= 15 is 0 Å². The first kappa shape index (κ1) is 21.0. The molecule has 4 nitrogen and oxygen atoms in total. The number of nitrogens with zero attached hydrogens (tertiary/aromatic N) is 3. The van der Waals surface area contributed by atoms with Gasteiger partial charge in [0, 0.05) is 0 Å². The molecule has 0 spiro atoms. The Kier molecular flexibility index (Phi) is 6.56. The smallest absolute Gasteiger partial charge is 0.235 e. The van der Waals surface area contributed by atoms with Crippen LogP contribution in [-0.2, 0) is 24.0 Å². The summed E-state index contributed by atoms with van der Waals surface area (Å²) in [7, 11) is 0. The van der Waals surface area contributed by atoms with E-state index in [4.69, 9.17) is 19.7 Å². The molecule has 0 aliphatic carbocycles. The second-order valence-electron chi connectivity index (χ2n) is 7.83. The minimum Gasteiger partial charge on any atom is -0.474 e. The summed E-state index contributed by atoms with van der Waals surface area (Å²) < 4.78 is 5.90. The normalized spacial score (nSPS) is 16.2. The molecule has 3 aromatic rings. The molecule has 1 aliphatic rings. The van der Waals surface area contributed by atoms with Crippen LogP contribution < -0.4 is 0 Å². The van der Waals surface area contributed by atoms with E-state index in [0.29, 0.717) is 12.5 Å². The van der Waals surface area contributed by atoms with E-state index < -0.39 is 0 Å². The van der Waals surface area contributed by atoms with Crippen molar-refractivity contribution in [1.82, 2.24) is 4.98 Å². The van der Waals surface area contributed by atoms with Crippen LogP contribution in [0.5, 0.6) is 0 Å². The van der Waals surface area contributed by atoms with E-state index in [9.17, 15) is 0 Å². The highest BCUT2D eigenvalue weighted by atomic mass is 16.5. The summed E-state index contributed by atoms with van der Waals surface area (Å²) in [5.41, 5.74) is 7.40. The first-order valence-electron chi connectivity index (χ1n) is 11.1. The summed E-state index contributed by atoms with van der Waals surface area (Å²) in [4.78, 5) is 14.6. The Hall–Kier alpha value is -3.27. The molecule has 0 fully saturated rings. The van der Waals surface area contributed by atoms with Gasteiger partial charge in [-0.1, -0.05) is 68.4 Å². The van der Waals surface area contributed by atoms with Gasteiger partial charge in [0.25, 0.3) is 0 Å². The maximum absolute atomic E-state index is 5.90. The van der Waals surface area contributed by atoms with Crippen LogP contribution in [0, 0.1) is 0 Å². The van der Waals surface area contributed by atoms with Crippen molar-refractivity contribution in [2.75, 3.05) is 6.61 Å². The van der Waals surface area contributed by atoms with E-state index in [1.807, 2.05) is 31.2 Å². The van der Waals surface area contributed by atoms with Crippen LogP contribution in [0.3, 0.4) is 0 Å². The number of hydrogen-bond acceptors (Lipinski definition) is 4. The lowest BCUT2D eigenvalue weighted by atomic mass is 10.0. The van der Waals surface area contributed by atoms with Crippen molar-refractivity contribution >= 4 is 17.3 Å². The molecule has 0 bridgehead atoms. The van der Waals surface area contributed by atoms with Crippen molar-refractivity contribution in [1.29, 1.82) is 0 Å². The van der Waals surface area contributed by atoms with Crippen molar-refractivity contribution in [2.24, 2.45) is 9.98 Å². The summed E-state index contributed by atoms with van der Waals surface area (Å²) in [5.74, 6) is 0.624. The van der Waals surface area contributed by atoms with Crippen molar-refractivity contribution in [2.45, 2.75) is 46.1 Å². The predicted octanol–water partition coefficient (Wildman–Crippen LogP) is 5.74. The second-order valence-corrected chi connectivity index (χ2v) is 7.83. The fourth-order valence-electron chi connectivity index (χ4n) is 3.89. The van der Waals surface area contributed by atoms with Gasteiger partial charge in [-0.2, -0.15) is 0 Å². The van der Waals surface area contributed by atoms with Gasteiger partial charge in [0.2, 0.25) is 5.90 Å². The lowest BCUT2D eigenvalue weighted by molar-refractivity contribution is 0.316. The zero-order valence-corrected chi connectivity index (χ0v) is 18.5. The van der Waals surface area contributed by atoms with Gasteiger partial charge in [-0.15, -0.1) is 0 Å². The molecule has 158 valence electrons. The van der Waals surface area contributed by atoms with Gasteiger partial charge >= 0.3 is 0 Å². The molecule has 0 N–H and O–H groups in total.